The molecule has 2 aromatic carbocycles. The molecule has 0 radical (unpaired) electrons. The summed E-state index contributed by atoms with van der Waals surface area (Å²) in [6.45, 7) is 5.37. The minimum atomic E-state index is -4.63. The zero-order valence-electron chi connectivity index (χ0n) is 20.3. The molecule has 3 rings (SSSR count). The fourth-order valence-corrected chi connectivity index (χ4v) is 5.36. The molecule has 1 fully saturated rings. The summed E-state index contributed by atoms with van der Waals surface area (Å²) in [4.78, 5) is 12.6. The first-order valence-corrected chi connectivity index (χ1v) is 12.6. The van der Waals surface area contributed by atoms with Gasteiger partial charge in [0.1, 0.15) is 0 Å². The van der Waals surface area contributed by atoms with Gasteiger partial charge in [-0.3, -0.25) is 4.79 Å². The number of ether oxygens (including phenoxy) is 1. The normalized spacial score (nSPS) is 17.9. The molecule has 3 atom stereocenters. The van der Waals surface area contributed by atoms with E-state index in [0.29, 0.717) is 0 Å². The van der Waals surface area contributed by atoms with Crippen LogP contribution in [0.3, 0.4) is 0 Å². The molecule has 9 heteroatoms. The average molecular weight is 512 g/mol. The van der Waals surface area contributed by atoms with Crippen LogP contribution < -0.4 is 5.32 Å². The molecule has 1 amide bonds. The number of nitrogens with one attached hydrogen (secondary N) is 1. The highest BCUT2D eigenvalue weighted by atomic mass is 32.2. The van der Waals surface area contributed by atoms with Crippen molar-refractivity contribution in [1.29, 1.82) is 0 Å². The van der Waals surface area contributed by atoms with Gasteiger partial charge in [0, 0.05) is 19.2 Å². The summed E-state index contributed by atoms with van der Waals surface area (Å²) in [6.07, 6.45) is -3.02. The molecule has 0 spiro atoms. The van der Waals surface area contributed by atoms with Crippen molar-refractivity contribution in [2.24, 2.45) is 11.3 Å². The summed E-state index contributed by atoms with van der Waals surface area (Å²) in [7, 11) is 1.05. The molecule has 192 valence electrons. The highest BCUT2D eigenvalue weighted by Gasteiger charge is 2.58. The van der Waals surface area contributed by atoms with E-state index >= 15 is 0 Å². The second kappa shape index (κ2) is 10.4. The van der Waals surface area contributed by atoms with E-state index in [-0.39, 0.29) is 30.0 Å². The summed E-state index contributed by atoms with van der Waals surface area (Å²) in [5, 5.41) is 2.36. The van der Waals surface area contributed by atoms with Crippen LogP contribution in [0, 0.1) is 11.3 Å². The van der Waals surface area contributed by atoms with Gasteiger partial charge in [-0.15, -0.1) is 0 Å². The highest BCUT2D eigenvalue weighted by Crippen LogP contribution is 2.49. The van der Waals surface area contributed by atoms with Crippen LogP contribution in [0.15, 0.2) is 48.5 Å². The Morgan fingerprint density at radius 1 is 1.09 bits per heavy atom. The SMILES string of the molecule is COC(CC(C)(C)C)(c1ccc(C(=O)NCc2ccc(C(C3CC3)S(=O)O)cc2)cc1)C(F)(F)F. The first-order chi connectivity index (χ1) is 16.3. The predicted octanol–water partition coefficient (Wildman–Crippen LogP) is 6.13. The third-order valence-electron chi connectivity index (χ3n) is 6.23. The van der Waals surface area contributed by atoms with Crippen LogP contribution in [-0.2, 0) is 28.0 Å². The Morgan fingerprint density at radius 3 is 2.09 bits per heavy atom. The van der Waals surface area contributed by atoms with Gasteiger partial charge in [0.15, 0.2) is 16.7 Å². The molecule has 0 heterocycles. The van der Waals surface area contributed by atoms with Crippen molar-refractivity contribution in [3.8, 4) is 0 Å². The van der Waals surface area contributed by atoms with Crippen LogP contribution in [0.1, 0.15) is 72.3 Å². The smallest absolute Gasteiger partial charge is 0.364 e. The maximum atomic E-state index is 14.1. The summed E-state index contributed by atoms with van der Waals surface area (Å²) >= 11 is -1.93. The molecule has 0 aliphatic heterocycles. The molecule has 1 aliphatic rings. The van der Waals surface area contributed by atoms with Crippen LogP contribution >= 0.6 is 0 Å². The Bertz CT molecular complexity index is 1040. The first kappa shape index (κ1) is 27.4. The number of benzene rings is 2. The van der Waals surface area contributed by atoms with Crippen molar-refractivity contribution < 1.29 is 31.5 Å². The van der Waals surface area contributed by atoms with Gasteiger partial charge >= 0.3 is 6.18 Å². The van der Waals surface area contributed by atoms with Gasteiger partial charge < -0.3 is 14.6 Å². The van der Waals surface area contributed by atoms with E-state index in [0.717, 1.165) is 31.1 Å². The number of alkyl halides is 3. The molecule has 0 aromatic heterocycles. The Morgan fingerprint density at radius 2 is 1.66 bits per heavy atom. The topological polar surface area (TPSA) is 75.6 Å². The number of amides is 1. The predicted molar refractivity (Wildman–Crippen MR) is 129 cm³/mol. The second-order valence-electron chi connectivity index (χ2n) is 10.3. The highest BCUT2D eigenvalue weighted by molar-refractivity contribution is 7.79. The van der Waals surface area contributed by atoms with Crippen LogP contribution in [0.5, 0.6) is 0 Å². The lowest BCUT2D eigenvalue weighted by Crippen LogP contribution is -2.46. The number of halogens is 3. The number of carbonyl (C=O) groups is 1. The van der Waals surface area contributed by atoms with E-state index < -0.39 is 39.4 Å². The quantitative estimate of drug-likeness (QED) is 0.397. The van der Waals surface area contributed by atoms with Crippen LogP contribution in [0.25, 0.3) is 0 Å². The van der Waals surface area contributed by atoms with Gasteiger partial charge in [-0.25, -0.2) is 4.21 Å². The second-order valence-corrected chi connectivity index (χ2v) is 11.4. The summed E-state index contributed by atoms with van der Waals surface area (Å²) in [5.41, 5.74) is -1.35. The molecule has 0 bridgehead atoms. The molecule has 2 aromatic rings. The number of hydrogen-bond donors (Lipinski definition) is 2. The van der Waals surface area contributed by atoms with E-state index in [1.165, 1.54) is 24.3 Å². The zero-order valence-corrected chi connectivity index (χ0v) is 21.1. The summed E-state index contributed by atoms with van der Waals surface area (Å²) < 4.78 is 68.6. The molecule has 35 heavy (non-hydrogen) atoms. The molecule has 3 unspecified atom stereocenters. The lowest BCUT2D eigenvalue weighted by molar-refractivity contribution is -0.286. The molecule has 1 saturated carbocycles. The molecule has 5 nitrogen and oxygen atoms in total. The van der Waals surface area contributed by atoms with Crippen molar-refractivity contribution in [2.45, 2.75) is 63.6 Å². The number of rotatable bonds is 9. The molecular formula is C26H32F3NO4S. The third kappa shape index (κ3) is 6.51. The van der Waals surface area contributed by atoms with E-state index in [4.69, 9.17) is 4.74 Å². The van der Waals surface area contributed by atoms with Crippen LogP contribution in [0.2, 0.25) is 0 Å². The molecule has 1 aliphatic carbocycles. The van der Waals surface area contributed by atoms with Crippen molar-refractivity contribution in [3.63, 3.8) is 0 Å². The summed E-state index contributed by atoms with van der Waals surface area (Å²) in [5.74, 6) is -0.189. The lowest BCUT2D eigenvalue weighted by atomic mass is 9.77. The number of carbonyl (C=O) groups excluding carboxylic acids is 1. The lowest BCUT2D eigenvalue weighted by Gasteiger charge is -2.39. The minimum absolute atomic E-state index is 0.0546. The fourth-order valence-electron chi connectivity index (χ4n) is 4.37. The van der Waals surface area contributed by atoms with Crippen LogP contribution in [0.4, 0.5) is 13.2 Å². The van der Waals surface area contributed by atoms with Gasteiger partial charge in [0.25, 0.3) is 5.91 Å². The van der Waals surface area contributed by atoms with E-state index in [1.54, 1.807) is 45.0 Å². The fraction of sp³-hybridized carbons (Fsp3) is 0.500. The zero-order chi connectivity index (χ0) is 26.0. The summed E-state index contributed by atoms with van der Waals surface area (Å²) in [6, 6.07) is 12.5. The molecule has 2 N–H and O–H groups in total. The van der Waals surface area contributed by atoms with Gasteiger partial charge in [-0.2, -0.15) is 13.2 Å². The maximum Gasteiger partial charge on any atom is 0.421 e. The molecular weight excluding hydrogens is 479 g/mol. The van der Waals surface area contributed by atoms with Gasteiger partial charge in [-0.05, 0) is 59.4 Å². The van der Waals surface area contributed by atoms with Crippen molar-refractivity contribution in [1.82, 2.24) is 5.32 Å². The minimum Gasteiger partial charge on any atom is -0.364 e. The Kier molecular flexibility index (Phi) is 8.13. The van der Waals surface area contributed by atoms with Crippen molar-refractivity contribution in [3.05, 3.63) is 70.8 Å². The maximum absolute atomic E-state index is 14.1. The van der Waals surface area contributed by atoms with Gasteiger partial charge in [0.05, 0.1) is 5.25 Å². The van der Waals surface area contributed by atoms with E-state index in [1.807, 2.05) is 0 Å². The number of methoxy groups -OCH3 is 1. The van der Waals surface area contributed by atoms with Gasteiger partial charge in [0.2, 0.25) is 0 Å². The standard InChI is InChI=1S/C26H32F3NO4S/c1-24(2,3)16-25(34-4,26(27,28)29)21-13-11-20(12-14-21)23(31)30-15-17-5-7-18(8-6-17)22(35(32)33)19-9-10-19/h5-8,11-14,19,22H,9-10,15-16H2,1-4H3,(H,30,31)(H,32,33). The largest absolute Gasteiger partial charge is 0.421 e. The molecule has 0 saturated heterocycles. The van der Waals surface area contributed by atoms with Gasteiger partial charge in [-0.1, -0.05) is 57.2 Å². The van der Waals surface area contributed by atoms with Crippen molar-refractivity contribution in [2.75, 3.05) is 7.11 Å². The van der Waals surface area contributed by atoms with Crippen molar-refractivity contribution >= 4 is 17.0 Å². The third-order valence-corrected chi connectivity index (χ3v) is 7.32. The monoisotopic (exact) mass is 511 g/mol. The Balaban J connectivity index is 1.69. The Hall–Kier alpha value is -2.23. The Labute approximate surface area is 206 Å². The van der Waals surface area contributed by atoms with Crippen LogP contribution in [-0.4, -0.2) is 28.0 Å². The van der Waals surface area contributed by atoms with E-state index in [2.05, 4.69) is 5.32 Å². The average Bonchev–Trinajstić information content (AvgIpc) is 3.60. The first-order valence-electron chi connectivity index (χ1n) is 11.5. The number of hydrogen-bond acceptors (Lipinski definition) is 3. The van der Waals surface area contributed by atoms with E-state index in [9.17, 15) is 26.7 Å².